The molecule has 0 unspecified atom stereocenters. The summed E-state index contributed by atoms with van der Waals surface area (Å²) in [6, 6.07) is 4.76. The molecule has 0 radical (unpaired) electrons. The van der Waals surface area contributed by atoms with E-state index in [2.05, 4.69) is 9.97 Å². The minimum atomic E-state index is -0.608. The van der Waals surface area contributed by atoms with Crippen LogP contribution in [0, 0.1) is 10.1 Å². The number of benzene rings is 1. The third kappa shape index (κ3) is 2.38. The molecule has 0 amide bonds. The van der Waals surface area contributed by atoms with E-state index in [0.29, 0.717) is 5.56 Å². The summed E-state index contributed by atoms with van der Waals surface area (Å²) in [4.78, 5) is 17.7. The predicted octanol–water partition coefficient (Wildman–Crippen LogP) is 4.01. The molecule has 2 aromatic rings. The average molecular weight is 305 g/mol. The molecule has 0 aliphatic rings. The van der Waals surface area contributed by atoms with E-state index < -0.39 is 4.92 Å². The topological polar surface area (TPSA) is 68.9 Å². The Balaban J connectivity index is 2.73. The van der Waals surface area contributed by atoms with E-state index in [4.69, 9.17) is 34.8 Å². The largest absolute Gasteiger partial charge is 0.313 e. The highest BCUT2D eigenvalue weighted by atomic mass is 35.5. The lowest BCUT2D eigenvalue weighted by molar-refractivity contribution is -0.384. The van der Waals surface area contributed by atoms with E-state index in [1.807, 2.05) is 0 Å². The maximum absolute atomic E-state index is 10.9. The molecular formula is C10H4Cl3N3O2. The van der Waals surface area contributed by atoms with Crippen LogP contribution in [0.5, 0.6) is 0 Å². The number of hydrogen-bond acceptors (Lipinski definition) is 4. The monoisotopic (exact) mass is 303 g/mol. The van der Waals surface area contributed by atoms with Gasteiger partial charge in [-0.1, -0.05) is 35.3 Å². The van der Waals surface area contributed by atoms with E-state index in [1.165, 1.54) is 0 Å². The number of nitro groups is 1. The zero-order valence-electron chi connectivity index (χ0n) is 8.60. The lowest BCUT2D eigenvalue weighted by atomic mass is 10.1. The molecule has 0 spiro atoms. The van der Waals surface area contributed by atoms with E-state index >= 15 is 0 Å². The highest BCUT2D eigenvalue weighted by molar-refractivity contribution is 6.43. The molecule has 0 saturated heterocycles. The summed E-state index contributed by atoms with van der Waals surface area (Å²) in [5, 5.41) is 11.3. The van der Waals surface area contributed by atoms with Crippen molar-refractivity contribution in [3.8, 4) is 11.3 Å². The van der Waals surface area contributed by atoms with Gasteiger partial charge in [-0.2, -0.15) is 0 Å². The van der Waals surface area contributed by atoms with Crippen LogP contribution in [0.3, 0.4) is 0 Å². The molecule has 0 saturated carbocycles. The Morgan fingerprint density at radius 2 is 1.94 bits per heavy atom. The van der Waals surface area contributed by atoms with Gasteiger partial charge in [0, 0.05) is 5.56 Å². The molecule has 0 bridgehead atoms. The van der Waals surface area contributed by atoms with Crippen molar-refractivity contribution in [3.63, 3.8) is 0 Å². The third-order valence-electron chi connectivity index (χ3n) is 2.14. The Morgan fingerprint density at radius 1 is 1.22 bits per heavy atom. The van der Waals surface area contributed by atoms with Gasteiger partial charge < -0.3 is 0 Å². The molecule has 5 nitrogen and oxygen atoms in total. The van der Waals surface area contributed by atoms with Crippen molar-refractivity contribution in [2.75, 3.05) is 0 Å². The Kier molecular flexibility index (Phi) is 3.65. The summed E-state index contributed by atoms with van der Waals surface area (Å²) in [6.07, 6.45) is 1.03. The second-order valence-electron chi connectivity index (χ2n) is 3.23. The molecular weight excluding hydrogens is 300 g/mol. The quantitative estimate of drug-likeness (QED) is 0.477. The molecule has 1 heterocycles. The standard InChI is InChI=1S/C10H4Cl3N3O2/c11-6-3-1-2-5(8(6)12)9-7(16(17)18)4-14-10(13)15-9/h1-4H. The van der Waals surface area contributed by atoms with Gasteiger partial charge in [-0.3, -0.25) is 10.1 Å². The number of aromatic nitrogens is 2. The van der Waals surface area contributed by atoms with Crippen LogP contribution in [-0.4, -0.2) is 14.9 Å². The molecule has 0 aliphatic heterocycles. The Morgan fingerprint density at radius 3 is 2.61 bits per heavy atom. The van der Waals surface area contributed by atoms with E-state index in [-0.39, 0.29) is 26.7 Å². The number of hydrogen-bond donors (Lipinski definition) is 0. The first-order valence-corrected chi connectivity index (χ1v) is 5.75. The van der Waals surface area contributed by atoms with Gasteiger partial charge in [-0.05, 0) is 17.7 Å². The normalized spacial score (nSPS) is 10.4. The Labute approximate surface area is 116 Å². The van der Waals surface area contributed by atoms with Crippen LogP contribution in [-0.2, 0) is 0 Å². The fourth-order valence-corrected chi connectivity index (χ4v) is 1.90. The maximum Gasteiger partial charge on any atom is 0.313 e. The summed E-state index contributed by atoms with van der Waals surface area (Å²) in [7, 11) is 0. The van der Waals surface area contributed by atoms with E-state index in [0.717, 1.165) is 6.20 Å². The van der Waals surface area contributed by atoms with Crippen molar-refractivity contribution in [1.82, 2.24) is 9.97 Å². The first kappa shape index (κ1) is 13.0. The highest BCUT2D eigenvalue weighted by Gasteiger charge is 2.21. The minimum absolute atomic E-state index is 0.0347. The number of rotatable bonds is 2. The van der Waals surface area contributed by atoms with Gasteiger partial charge in [0.05, 0.1) is 15.0 Å². The first-order valence-electron chi connectivity index (χ1n) is 4.62. The molecule has 0 fully saturated rings. The molecule has 18 heavy (non-hydrogen) atoms. The van der Waals surface area contributed by atoms with Crippen molar-refractivity contribution < 1.29 is 4.92 Å². The van der Waals surface area contributed by atoms with Crippen molar-refractivity contribution in [3.05, 3.63) is 49.8 Å². The maximum atomic E-state index is 10.9. The van der Waals surface area contributed by atoms with Gasteiger partial charge in [0.15, 0.2) is 5.69 Å². The van der Waals surface area contributed by atoms with Crippen molar-refractivity contribution in [2.45, 2.75) is 0 Å². The van der Waals surface area contributed by atoms with Crippen LogP contribution in [0.4, 0.5) is 5.69 Å². The second kappa shape index (κ2) is 5.06. The zero-order valence-corrected chi connectivity index (χ0v) is 10.9. The van der Waals surface area contributed by atoms with Gasteiger partial charge in [0.25, 0.3) is 0 Å². The van der Waals surface area contributed by atoms with Crippen LogP contribution in [0.2, 0.25) is 15.3 Å². The van der Waals surface area contributed by atoms with Crippen molar-refractivity contribution in [2.24, 2.45) is 0 Å². The van der Waals surface area contributed by atoms with Crippen molar-refractivity contribution >= 4 is 40.5 Å². The molecule has 0 aliphatic carbocycles. The van der Waals surface area contributed by atoms with Crippen LogP contribution in [0.15, 0.2) is 24.4 Å². The Bertz CT molecular complexity index is 634. The third-order valence-corrected chi connectivity index (χ3v) is 3.14. The second-order valence-corrected chi connectivity index (χ2v) is 4.35. The number of nitrogens with zero attached hydrogens (tertiary/aromatic N) is 3. The predicted molar refractivity (Wildman–Crippen MR) is 69.2 cm³/mol. The van der Waals surface area contributed by atoms with Crippen molar-refractivity contribution in [1.29, 1.82) is 0 Å². The van der Waals surface area contributed by atoms with E-state index in [1.54, 1.807) is 18.2 Å². The van der Waals surface area contributed by atoms with Crippen LogP contribution < -0.4 is 0 Å². The zero-order chi connectivity index (χ0) is 13.3. The lowest BCUT2D eigenvalue weighted by Crippen LogP contribution is -1.97. The van der Waals surface area contributed by atoms with Crippen LogP contribution in [0.1, 0.15) is 0 Å². The van der Waals surface area contributed by atoms with Gasteiger partial charge >= 0.3 is 5.69 Å². The highest BCUT2D eigenvalue weighted by Crippen LogP contribution is 2.36. The molecule has 8 heteroatoms. The Hall–Kier alpha value is -1.43. The molecule has 0 N–H and O–H groups in total. The summed E-state index contributed by atoms with van der Waals surface area (Å²) in [5.41, 5.74) is 0.0798. The van der Waals surface area contributed by atoms with Gasteiger partial charge in [0.1, 0.15) is 6.20 Å². The van der Waals surface area contributed by atoms with Gasteiger partial charge in [0.2, 0.25) is 5.28 Å². The minimum Gasteiger partial charge on any atom is -0.258 e. The van der Waals surface area contributed by atoms with E-state index in [9.17, 15) is 10.1 Å². The number of halogens is 3. The lowest BCUT2D eigenvalue weighted by Gasteiger charge is -2.05. The summed E-state index contributed by atoms with van der Waals surface area (Å²) in [6.45, 7) is 0. The molecule has 92 valence electrons. The summed E-state index contributed by atoms with van der Waals surface area (Å²) < 4.78 is 0. The summed E-state index contributed by atoms with van der Waals surface area (Å²) >= 11 is 17.5. The molecule has 1 aromatic carbocycles. The molecule has 0 atom stereocenters. The van der Waals surface area contributed by atoms with Crippen LogP contribution in [0.25, 0.3) is 11.3 Å². The van der Waals surface area contributed by atoms with Crippen LogP contribution >= 0.6 is 34.8 Å². The average Bonchev–Trinajstić information content (AvgIpc) is 2.32. The summed E-state index contributed by atoms with van der Waals surface area (Å²) in [5.74, 6) is 0. The van der Waals surface area contributed by atoms with Gasteiger partial charge in [-0.15, -0.1) is 0 Å². The van der Waals surface area contributed by atoms with Gasteiger partial charge in [-0.25, -0.2) is 9.97 Å². The molecule has 2 rings (SSSR count). The smallest absolute Gasteiger partial charge is 0.258 e. The first-order chi connectivity index (χ1) is 8.50. The fraction of sp³-hybridized carbons (Fsp3) is 0. The SMILES string of the molecule is O=[N+]([O-])c1cnc(Cl)nc1-c1cccc(Cl)c1Cl. The molecule has 1 aromatic heterocycles. The fourth-order valence-electron chi connectivity index (χ4n) is 1.37.